The molecular weight excluding hydrogens is 470 g/mol. The molecule has 2 saturated heterocycles. The topological polar surface area (TPSA) is 52.7 Å². The molecule has 2 aliphatic carbocycles. The number of fused-ring (bicyclic) bond motifs is 4. The normalized spacial score (nSPS) is 28.3. The van der Waals surface area contributed by atoms with Crippen molar-refractivity contribution in [3.63, 3.8) is 0 Å². The summed E-state index contributed by atoms with van der Waals surface area (Å²) in [5, 5.41) is 7.77. The maximum Gasteiger partial charge on any atom is 0.255 e. The van der Waals surface area contributed by atoms with Gasteiger partial charge in [0, 0.05) is 31.7 Å². The molecule has 2 saturated carbocycles. The van der Waals surface area contributed by atoms with Crippen molar-refractivity contribution >= 4 is 33.4 Å². The first-order valence-electron chi connectivity index (χ1n) is 14.9. The number of hydrogen-bond donors (Lipinski definition) is 1. The largest absolute Gasteiger partial charge is 0.353 e. The van der Waals surface area contributed by atoms with Crippen molar-refractivity contribution < 1.29 is 9.59 Å². The van der Waals surface area contributed by atoms with Crippen LogP contribution in [0.2, 0.25) is 0 Å². The number of amides is 2. The molecule has 4 fully saturated rings. The Labute approximate surface area is 225 Å². The number of piperidine rings is 2. The Morgan fingerprint density at radius 2 is 1.50 bits per heavy atom. The molecule has 38 heavy (non-hydrogen) atoms. The average Bonchev–Trinajstić information content (AvgIpc) is 3.59. The first-order chi connectivity index (χ1) is 18.6. The molecule has 2 amide bonds. The summed E-state index contributed by atoms with van der Waals surface area (Å²) in [4.78, 5) is 31.7. The fourth-order valence-electron chi connectivity index (χ4n) is 8.11. The van der Waals surface area contributed by atoms with Crippen molar-refractivity contribution in [2.75, 3.05) is 26.2 Å². The Bertz CT molecular complexity index is 1310. The van der Waals surface area contributed by atoms with E-state index < -0.39 is 0 Å². The van der Waals surface area contributed by atoms with Gasteiger partial charge in [-0.25, -0.2) is 0 Å². The van der Waals surface area contributed by atoms with Crippen LogP contribution in [0.3, 0.4) is 0 Å². The predicted molar refractivity (Wildman–Crippen MR) is 152 cm³/mol. The van der Waals surface area contributed by atoms with Gasteiger partial charge in [-0.3, -0.25) is 14.5 Å². The SMILES string of the molecule is O=C(NC1CC2CCC1C2)C1CCCN(C2CCN(C(=O)c3c4ccccc4cc4ccccc34)CC2)C1. The van der Waals surface area contributed by atoms with E-state index in [1.165, 1.54) is 25.7 Å². The van der Waals surface area contributed by atoms with E-state index in [1.807, 2.05) is 24.3 Å². The van der Waals surface area contributed by atoms with E-state index in [0.717, 1.165) is 90.8 Å². The molecule has 4 unspecified atom stereocenters. The number of hydrogen-bond acceptors (Lipinski definition) is 3. The van der Waals surface area contributed by atoms with Crippen LogP contribution in [0.4, 0.5) is 0 Å². The molecule has 7 rings (SSSR count). The highest BCUT2D eigenvalue weighted by atomic mass is 16.2. The van der Waals surface area contributed by atoms with Gasteiger partial charge in [0.05, 0.1) is 11.5 Å². The monoisotopic (exact) mass is 509 g/mol. The summed E-state index contributed by atoms with van der Waals surface area (Å²) in [5.74, 6) is 2.14. The minimum atomic E-state index is 0.115. The Morgan fingerprint density at radius 3 is 2.16 bits per heavy atom. The van der Waals surface area contributed by atoms with Crippen LogP contribution in [0.5, 0.6) is 0 Å². The fraction of sp³-hybridized carbons (Fsp3) is 0.515. The predicted octanol–water partition coefficient (Wildman–Crippen LogP) is 5.61. The Morgan fingerprint density at radius 1 is 0.789 bits per heavy atom. The second kappa shape index (κ2) is 10.00. The molecule has 198 valence electrons. The van der Waals surface area contributed by atoms with E-state index in [4.69, 9.17) is 0 Å². The highest BCUT2D eigenvalue weighted by molar-refractivity contribution is 6.18. The lowest BCUT2D eigenvalue weighted by Crippen LogP contribution is -2.52. The maximum absolute atomic E-state index is 13.9. The van der Waals surface area contributed by atoms with Crippen molar-refractivity contribution in [3.05, 3.63) is 60.2 Å². The van der Waals surface area contributed by atoms with Gasteiger partial charge in [-0.15, -0.1) is 0 Å². The molecular formula is C33H39N3O2. The van der Waals surface area contributed by atoms with Gasteiger partial charge in [0.2, 0.25) is 5.91 Å². The van der Waals surface area contributed by atoms with E-state index in [1.54, 1.807) is 0 Å². The molecule has 1 N–H and O–H groups in total. The molecule has 5 heteroatoms. The molecule has 0 spiro atoms. The number of carbonyl (C=O) groups is 2. The van der Waals surface area contributed by atoms with Crippen LogP contribution in [0.25, 0.3) is 21.5 Å². The van der Waals surface area contributed by atoms with Crippen LogP contribution in [-0.2, 0) is 4.79 Å². The first kappa shape index (κ1) is 24.1. The van der Waals surface area contributed by atoms with E-state index in [9.17, 15) is 9.59 Å². The quantitative estimate of drug-likeness (QED) is 0.465. The third-order valence-corrected chi connectivity index (χ3v) is 10.1. The van der Waals surface area contributed by atoms with Gasteiger partial charge in [-0.05, 0) is 90.9 Å². The smallest absolute Gasteiger partial charge is 0.255 e. The highest BCUT2D eigenvalue weighted by Crippen LogP contribution is 2.44. The van der Waals surface area contributed by atoms with Crippen molar-refractivity contribution in [3.8, 4) is 0 Å². The summed E-state index contributed by atoms with van der Waals surface area (Å²) in [6.07, 6.45) is 9.26. The van der Waals surface area contributed by atoms with Crippen LogP contribution in [0, 0.1) is 17.8 Å². The Balaban J connectivity index is 1.01. The average molecular weight is 510 g/mol. The van der Waals surface area contributed by atoms with Gasteiger partial charge in [0.25, 0.3) is 5.91 Å². The number of rotatable bonds is 4. The number of likely N-dealkylation sites (tertiary alicyclic amines) is 2. The molecule has 2 bridgehead atoms. The van der Waals surface area contributed by atoms with Gasteiger partial charge >= 0.3 is 0 Å². The van der Waals surface area contributed by atoms with Crippen LogP contribution >= 0.6 is 0 Å². The molecule has 4 aliphatic rings. The molecule has 3 aromatic carbocycles. The van der Waals surface area contributed by atoms with Gasteiger partial charge in [-0.2, -0.15) is 0 Å². The zero-order valence-corrected chi connectivity index (χ0v) is 22.3. The zero-order valence-electron chi connectivity index (χ0n) is 22.3. The standard InChI is InChI=1S/C33H39N3O2/c37-32(34-30-19-22-11-12-25(30)18-22)26-8-5-15-36(21-26)27-13-16-35(17-14-27)33(38)31-28-9-3-1-6-23(28)20-24-7-2-4-10-29(24)31/h1-4,6-7,9-10,20,22,25-27,30H,5,8,11-19,21H2,(H,34,37). The molecule has 3 aromatic rings. The van der Waals surface area contributed by atoms with Gasteiger partial charge in [-0.1, -0.05) is 55.0 Å². The number of carbonyl (C=O) groups excluding carboxylic acids is 2. The molecule has 5 nitrogen and oxygen atoms in total. The van der Waals surface area contributed by atoms with Crippen LogP contribution < -0.4 is 5.32 Å². The maximum atomic E-state index is 13.9. The lowest BCUT2D eigenvalue weighted by Gasteiger charge is -2.42. The van der Waals surface area contributed by atoms with Gasteiger partial charge < -0.3 is 10.2 Å². The highest BCUT2D eigenvalue weighted by Gasteiger charge is 2.41. The summed E-state index contributed by atoms with van der Waals surface area (Å²) < 4.78 is 0. The van der Waals surface area contributed by atoms with Gasteiger partial charge in [0.15, 0.2) is 0 Å². The first-order valence-corrected chi connectivity index (χ1v) is 14.9. The molecule has 2 heterocycles. The summed E-state index contributed by atoms with van der Waals surface area (Å²) in [5.41, 5.74) is 0.840. The van der Waals surface area contributed by atoms with Crippen LogP contribution in [0.15, 0.2) is 54.6 Å². The van der Waals surface area contributed by atoms with Crippen LogP contribution in [0.1, 0.15) is 61.7 Å². The van der Waals surface area contributed by atoms with Gasteiger partial charge in [0.1, 0.15) is 0 Å². The van der Waals surface area contributed by atoms with E-state index in [-0.39, 0.29) is 11.8 Å². The Hall–Kier alpha value is -2.92. The summed E-state index contributed by atoms with van der Waals surface area (Å²) >= 11 is 0. The lowest BCUT2D eigenvalue weighted by atomic mass is 9.91. The lowest BCUT2D eigenvalue weighted by molar-refractivity contribution is -0.128. The Kier molecular flexibility index (Phi) is 6.35. The third-order valence-electron chi connectivity index (χ3n) is 10.1. The third kappa shape index (κ3) is 4.39. The molecule has 0 aromatic heterocycles. The summed E-state index contributed by atoms with van der Waals surface area (Å²) in [6, 6.07) is 19.6. The summed E-state index contributed by atoms with van der Waals surface area (Å²) in [7, 11) is 0. The van der Waals surface area contributed by atoms with Crippen LogP contribution in [-0.4, -0.2) is 59.9 Å². The van der Waals surface area contributed by atoms with E-state index in [2.05, 4.69) is 45.4 Å². The summed E-state index contributed by atoms with van der Waals surface area (Å²) in [6.45, 7) is 3.50. The van der Waals surface area contributed by atoms with Crippen molar-refractivity contribution in [1.82, 2.24) is 15.1 Å². The molecule has 4 atom stereocenters. The molecule has 2 aliphatic heterocycles. The number of nitrogens with one attached hydrogen (secondary N) is 1. The number of nitrogens with zero attached hydrogens (tertiary/aromatic N) is 2. The van der Waals surface area contributed by atoms with E-state index >= 15 is 0 Å². The van der Waals surface area contributed by atoms with Crippen molar-refractivity contribution in [2.45, 2.75) is 63.5 Å². The minimum Gasteiger partial charge on any atom is -0.353 e. The second-order valence-corrected chi connectivity index (χ2v) is 12.3. The van der Waals surface area contributed by atoms with Crippen molar-refractivity contribution in [1.29, 1.82) is 0 Å². The number of benzene rings is 3. The fourth-order valence-corrected chi connectivity index (χ4v) is 8.11. The second-order valence-electron chi connectivity index (χ2n) is 12.3. The minimum absolute atomic E-state index is 0.115. The molecule has 0 radical (unpaired) electrons. The van der Waals surface area contributed by atoms with E-state index in [0.29, 0.717) is 18.0 Å². The zero-order chi connectivity index (χ0) is 25.6. The van der Waals surface area contributed by atoms with Crippen molar-refractivity contribution in [2.24, 2.45) is 17.8 Å².